The van der Waals surface area contributed by atoms with E-state index in [0.717, 1.165) is 22.6 Å². The fourth-order valence-corrected chi connectivity index (χ4v) is 2.51. The molecule has 0 aliphatic heterocycles. The number of hydrogen-bond donors (Lipinski definition) is 3. The van der Waals surface area contributed by atoms with Crippen molar-refractivity contribution in [3.8, 4) is 0 Å². The standard InChI is InChI=1S/C19H24ClN5O.HI/c1-14-7-8-17(24-13-14)25-18(26)10-12-23-19(21-2)22-11-9-15-5-3-4-6-16(15)20;/h3-8,13H,9-12H2,1-2H3,(H2,21,22,23)(H,24,25,26);1H. The topological polar surface area (TPSA) is 78.4 Å². The van der Waals surface area contributed by atoms with Crippen LogP contribution in [0.2, 0.25) is 5.02 Å². The Morgan fingerprint density at radius 2 is 1.89 bits per heavy atom. The van der Waals surface area contributed by atoms with Gasteiger partial charge in [-0.2, -0.15) is 0 Å². The smallest absolute Gasteiger partial charge is 0.227 e. The maximum absolute atomic E-state index is 11.9. The van der Waals surface area contributed by atoms with Crippen LogP contribution < -0.4 is 16.0 Å². The highest BCUT2D eigenvalue weighted by molar-refractivity contribution is 14.0. The van der Waals surface area contributed by atoms with Gasteiger partial charge in [0, 0.05) is 37.8 Å². The van der Waals surface area contributed by atoms with E-state index in [1.165, 1.54) is 0 Å². The molecule has 1 aromatic carbocycles. The van der Waals surface area contributed by atoms with E-state index < -0.39 is 0 Å². The monoisotopic (exact) mass is 501 g/mol. The van der Waals surface area contributed by atoms with Crippen LogP contribution in [0.25, 0.3) is 0 Å². The first kappa shape index (κ1) is 23.2. The van der Waals surface area contributed by atoms with E-state index in [1.54, 1.807) is 19.3 Å². The number of rotatable bonds is 7. The molecule has 1 heterocycles. The molecule has 0 spiro atoms. The highest BCUT2D eigenvalue weighted by Gasteiger charge is 2.05. The molecule has 1 aromatic heterocycles. The summed E-state index contributed by atoms with van der Waals surface area (Å²) in [5, 5.41) is 9.86. The maximum atomic E-state index is 11.9. The summed E-state index contributed by atoms with van der Waals surface area (Å²) in [6.45, 7) is 3.12. The number of anilines is 1. The number of guanidine groups is 1. The van der Waals surface area contributed by atoms with Crippen molar-refractivity contribution in [1.82, 2.24) is 15.6 Å². The van der Waals surface area contributed by atoms with Crippen LogP contribution in [0.1, 0.15) is 17.5 Å². The number of amides is 1. The molecule has 6 nitrogen and oxygen atoms in total. The van der Waals surface area contributed by atoms with Crippen LogP contribution in [0.4, 0.5) is 5.82 Å². The molecule has 27 heavy (non-hydrogen) atoms. The van der Waals surface area contributed by atoms with Crippen LogP contribution >= 0.6 is 35.6 Å². The second-order valence-electron chi connectivity index (χ2n) is 5.79. The average molecular weight is 502 g/mol. The van der Waals surface area contributed by atoms with E-state index in [9.17, 15) is 4.79 Å². The third kappa shape index (κ3) is 8.57. The maximum Gasteiger partial charge on any atom is 0.227 e. The number of aliphatic imine (C=N–C) groups is 1. The number of nitrogens with zero attached hydrogens (tertiary/aromatic N) is 2. The Balaban J connectivity index is 0.00000364. The number of carbonyl (C=O) groups is 1. The number of pyridine rings is 1. The van der Waals surface area contributed by atoms with Crippen LogP contribution in [0.15, 0.2) is 47.6 Å². The van der Waals surface area contributed by atoms with E-state index in [-0.39, 0.29) is 29.9 Å². The first-order valence-corrected chi connectivity index (χ1v) is 8.86. The number of aryl methyl sites for hydroxylation is 1. The highest BCUT2D eigenvalue weighted by atomic mass is 127. The number of aromatic nitrogens is 1. The van der Waals surface area contributed by atoms with Crippen LogP contribution in [-0.4, -0.2) is 37.0 Å². The van der Waals surface area contributed by atoms with Gasteiger partial charge >= 0.3 is 0 Å². The van der Waals surface area contributed by atoms with Gasteiger partial charge in [-0.15, -0.1) is 24.0 Å². The molecule has 0 fully saturated rings. The summed E-state index contributed by atoms with van der Waals surface area (Å²) in [4.78, 5) is 20.2. The summed E-state index contributed by atoms with van der Waals surface area (Å²) in [6.07, 6.45) is 2.83. The Bertz CT molecular complexity index is 752. The Labute approximate surface area is 182 Å². The number of hydrogen-bond acceptors (Lipinski definition) is 3. The molecule has 0 atom stereocenters. The molecule has 1 amide bonds. The average Bonchev–Trinajstić information content (AvgIpc) is 2.64. The second kappa shape index (κ2) is 12.5. The number of benzene rings is 1. The minimum absolute atomic E-state index is 0. The first-order chi connectivity index (χ1) is 12.6. The van der Waals surface area contributed by atoms with E-state index in [2.05, 4.69) is 25.9 Å². The van der Waals surface area contributed by atoms with Gasteiger partial charge in [0.15, 0.2) is 5.96 Å². The summed E-state index contributed by atoms with van der Waals surface area (Å²) in [7, 11) is 1.70. The van der Waals surface area contributed by atoms with Crippen molar-refractivity contribution >= 4 is 53.3 Å². The largest absolute Gasteiger partial charge is 0.356 e. The predicted octanol–water partition coefficient (Wildman–Crippen LogP) is 3.40. The zero-order valence-corrected chi connectivity index (χ0v) is 18.5. The van der Waals surface area contributed by atoms with Crippen molar-refractivity contribution in [2.24, 2.45) is 4.99 Å². The Hall–Kier alpha value is -1.87. The normalized spacial score (nSPS) is 10.7. The highest BCUT2D eigenvalue weighted by Crippen LogP contribution is 2.14. The van der Waals surface area contributed by atoms with Crippen molar-refractivity contribution in [2.75, 3.05) is 25.5 Å². The third-order valence-corrected chi connectivity index (χ3v) is 4.06. The van der Waals surface area contributed by atoms with Crippen molar-refractivity contribution < 1.29 is 4.79 Å². The van der Waals surface area contributed by atoms with Gasteiger partial charge in [-0.3, -0.25) is 9.79 Å². The molecule has 0 aliphatic rings. The molecule has 2 rings (SSSR count). The van der Waals surface area contributed by atoms with Crippen LogP contribution in [0, 0.1) is 6.92 Å². The van der Waals surface area contributed by atoms with Crippen LogP contribution in [0.5, 0.6) is 0 Å². The molecule has 0 unspecified atom stereocenters. The molecule has 0 aliphatic carbocycles. The number of nitrogens with one attached hydrogen (secondary N) is 3. The minimum Gasteiger partial charge on any atom is -0.356 e. The first-order valence-electron chi connectivity index (χ1n) is 8.49. The lowest BCUT2D eigenvalue weighted by molar-refractivity contribution is -0.116. The molecule has 146 valence electrons. The lowest BCUT2D eigenvalue weighted by atomic mass is 10.1. The van der Waals surface area contributed by atoms with Crippen molar-refractivity contribution in [1.29, 1.82) is 0 Å². The van der Waals surface area contributed by atoms with Gasteiger partial charge in [-0.1, -0.05) is 35.9 Å². The van der Waals surface area contributed by atoms with Gasteiger partial charge in [-0.25, -0.2) is 4.98 Å². The third-order valence-electron chi connectivity index (χ3n) is 3.69. The molecule has 0 saturated heterocycles. The van der Waals surface area contributed by atoms with Gasteiger partial charge in [0.05, 0.1) is 0 Å². The number of carbonyl (C=O) groups excluding carboxylic acids is 1. The summed E-state index contributed by atoms with van der Waals surface area (Å²) in [5.41, 5.74) is 2.14. The Kier molecular flexibility index (Phi) is 10.7. The summed E-state index contributed by atoms with van der Waals surface area (Å²) < 4.78 is 0. The molecule has 3 N–H and O–H groups in total. The van der Waals surface area contributed by atoms with Gasteiger partial charge < -0.3 is 16.0 Å². The van der Waals surface area contributed by atoms with Gasteiger partial charge in [0.2, 0.25) is 5.91 Å². The zero-order chi connectivity index (χ0) is 18.8. The SMILES string of the molecule is CN=C(NCCC(=O)Nc1ccc(C)cn1)NCCc1ccccc1Cl.I. The summed E-state index contributed by atoms with van der Waals surface area (Å²) in [6, 6.07) is 11.5. The predicted molar refractivity (Wildman–Crippen MR) is 122 cm³/mol. The number of halogens is 2. The van der Waals surface area contributed by atoms with Gasteiger partial charge in [-0.05, 0) is 36.6 Å². The molecule has 0 radical (unpaired) electrons. The molecule has 0 bridgehead atoms. The summed E-state index contributed by atoms with van der Waals surface area (Å²) in [5.74, 6) is 1.11. The summed E-state index contributed by atoms with van der Waals surface area (Å²) >= 11 is 6.14. The van der Waals surface area contributed by atoms with Gasteiger partial charge in [0.25, 0.3) is 0 Å². The van der Waals surface area contributed by atoms with Crippen molar-refractivity contribution in [3.05, 3.63) is 58.7 Å². The van der Waals surface area contributed by atoms with Crippen molar-refractivity contribution in [3.63, 3.8) is 0 Å². The lowest BCUT2D eigenvalue weighted by Gasteiger charge is -2.12. The van der Waals surface area contributed by atoms with Crippen LogP contribution in [-0.2, 0) is 11.2 Å². The van der Waals surface area contributed by atoms with Crippen molar-refractivity contribution in [2.45, 2.75) is 19.8 Å². The molecule has 2 aromatic rings. The fraction of sp³-hybridized carbons (Fsp3) is 0.316. The fourth-order valence-electron chi connectivity index (χ4n) is 2.28. The lowest BCUT2D eigenvalue weighted by Crippen LogP contribution is -2.39. The van der Waals surface area contributed by atoms with E-state index in [1.807, 2.05) is 37.3 Å². The molecule has 0 saturated carbocycles. The molecular weight excluding hydrogens is 477 g/mol. The van der Waals surface area contributed by atoms with Gasteiger partial charge in [0.1, 0.15) is 5.82 Å². The minimum atomic E-state index is -0.0969. The zero-order valence-electron chi connectivity index (χ0n) is 15.5. The van der Waals surface area contributed by atoms with E-state index in [4.69, 9.17) is 11.6 Å². The second-order valence-corrected chi connectivity index (χ2v) is 6.19. The quantitative estimate of drug-likeness (QED) is 0.309. The van der Waals surface area contributed by atoms with E-state index >= 15 is 0 Å². The Morgan fingerprint density at radius 1 is 1.15 bits per heavy atom. The van der Waals surface area contributed by atoms with E-state index in [0.29, 0.717) is 31.3 Å². The Morgan fingerprint density at radius 3 is 2.56 bits per heavy atom. The van der Waals surface area contributed by atoms with Crippen LogP contribution in [0.3, 0.4) is 0 Å². The molecule has 8 heteroatoms. The molecular formula is C19H25ClIN5O.